The van der Waals surface area contributed by atoms with E-state index < -0.39 is 3.96 Å². The average molecular weight is 201 g/mol. The van der Waals surface area contributed by atoms with Gasteiger partial charge in [-0.15, -0.1) is 0 Å². The molecular weight excluding hydrogens is 189 g/mol. The predicted octanol–water partition coefficient (Wildman–Crippen LogP) is 2.58. The van der Waals surface area contributed by atoms with Crippen LogP contribution in [0.3, 0.4) is 0 Å². The van der Waals surface area contributed by atoms with Crippen molar-refractivity contribution in [3.63, 3.8) is 0 Å². The van der Waals surface area contributed by atoms with Gasteiger partial charge in [0.2, 0.25) is 0 Å². The predicted molar refractivity (Wildman–Crippen MR) is 50.8 cm³/mol. The number of rotatable bonds is 0. The van der Waals surface area contributed by atoms with Gasteiger partial charge in [-0.3, -0.25) is 0 Å². The minimum atomic E-state index is -1.96. The molecule has 54 valence electrons. The Balaban J connectivity index is 2.58. The van der Waals surface area contributed by atoms with E-state index >= 15 is 0 Å². The summed E-state index contributed by atoms with van der Waals surface area (Å²) in [4.78, 5) is 0. The summed E-state index contributed by atoms with van der Waals surface area (Å²) >= 11 is 13.6. The zero-order valence-corrected chi connectivity index (χ0v) is 10.1. The van der Waals surface area contributed by atoms with E-state index in [1.165, 1.54) is 19.3 Å². The molecule has 0 saturated carbocycles. The molecular formula is C5H12AlCl2P. The van der Waals surface area contributed by atoms with Gasteiger partial charge in [-0.2, -0.15) is 0 Å². The normalized spacial score (nSPS) is 36.4. The standard InChI is InChI=1S/C5H10Cl2P.Al.2H/c6-8(7)4-2-1-3-5-8;;;/h1-5H2;;;/q+1;-1;;. The van der Waals surface area contributed by atoms with Gasteiger partial charge in [-0.1, -0.05) is 0 Å². The fourth-order valence-corrected chi connectivity index (χ4v) is 6.85. The molecule has 0 amide bonds. The maximum atomic E-state index is 6.29. The van der Waals surface area contributed by atoms with Crippen LogP contribution in [0, 0.1) is 0 Å². The Bertz CT molecular complexity index is 108. The Morgan fingerprint density at radius 2 is 1.44 bits per heavy atom. The van der Waals surface area contributed by atoms with Crippen LogP contribution in [0.4, 0.5) is 0 Å². The number of hydrogen-bond donors (Lipinski definition) is 0. The Hall–Kier alpha value is 1.54. The summed E-state index contributed by atoms with van der Waals surface area (Å²) in [5.41, 5.74) is 0. The molecule has 4 heteroatoms. The SMILES string of the molecule is [AlH2][P]1(Cl)(Cl)CCCCC1. The van der Waals surface area contributed by atoms with E-state index in [9.17, 15) is 0 Å². The second-order valence-corrected chi connectivity index (χ2v) is 23.9. The van der Waals surface area contributed by atoms with Crippen molar-refractivity contribution >= 4 is 42.3 Å². The molecule has 1 rings (SSSR count). The Morgan fingerprint density at radius 3 is 1.67 bits per heavy atom. The van der Waals surface area contributed by atoms with E-state index in [0.717, 1.165) is 28.2 Å². The first-order valence-corrected chi connectivity index (χ1v) is 11.0. The van der Waals surface area contributed by atoms with E-state index in [2.05, 4.69) is 0 Å². The molecule has 9 heavy (non-hydrogen) atoms. The third-order valence-electron chi connectivity index (χ3n) is 1.92. The van der Waals surface area contributed by atoms with Crippen molar-refractivity contribution in [1.29, 1.82) is 0 Å². The van der Waals surface area contributed by atoms with Crippen molar-refractivity contribution in [2.75, 3.05) is 12.3 Å². The topological polar surface area (TPSA) is 0 Å². The second kappa shape index (κ2) is 2.54. The zero-order chi connectivity index (χ0) is 6.98. The second-order valence-electron chi connectivity index (χ2n) is 3.24. The molecule has 0 aliphatic carbocycles. The van der Waals surface area contributed by atoms with Gasteiger partial charge < -0.3 is 0 Å². The van der Waals surface area contributed by atoms with Gasteiger partial charge in [0, 0.05) is 0 Å². The molecule has 0 aromatic heterocycles. The van der Waals surface area contributed by atoms with E-state index in [1.54, 1.807) is 0 Å². The summed E-state index contributed by atoms with van der Waals surface area (Å²) < 4.78 is -1.96. The molecule has 1 aliphatic rings. The van der Waals surface area contributed by atoms with Crippen LogP contribution in [0.1, 0.15) is 19.3 Å². The minimum absolute atomic E-state index is 1.03. The molecule has 0 bridgehead atoms. The summed E-state index contributed by atoms with van der Waals surface area (Å²) in [5, 5.41) is 0. The fourth-order valence-electron chi connectivity index (χ4n) is 1.29. The summed E-state index contributed by atoms with van der Waals surface area (Å²) in [6, 6.07) is 0. The molecule has 0 radical (unpaired) electrons. The molecule has 0 N–H and O–H groups in total. The molecule has 1 saturated heterocycles. The van der Waals surface area contributed by atoms with Crippen LogP contribution in [0.15, 0.2) is 0 Å². The van der Waals surface area contributed by atoms with Crippen LogP contribution in [0.25, 0.3) is 0 Å². The third-order valence-corrected chi connectivity index (χ3v) is 9.46. The molecule has 1 fully saturated rings. The molecule has 1 aliphatic heterocycles. The number of halogens is 2. The van der Waals surface area contributed by atoms with Gasteiger partial charge in [0.1, 0.15) is 0 Å². The van der Waals surface area contributed by atoms with Gasteiger partial charge in [-0.25, -0.2) is 0 Å². The quantitative estimate of drug-likeness (QED) is 0.417. The molecule has 0 unspecified atom stereocenters. The molecule has 0 aromatic carbocycles. The molecule has 0 atom stereocenters. The van der Waals surface area contributed by atoms with Gasteiger partial charge in [-0.05, 0) is 0 Å². The van der Waals surface area contributed by atoms with Crippen LogP contribution >= 0.6 is 26.4 Å². The van der Waals surface area contributed by atoms with Gasteiger partial charge in [0.15, 0.2) is 0 Å². The first-order chi connectivity index (χ1) is 3.97. The van der Waals surface area contributed by atoms with Crippen LogP contribution in [-0.2, 0) is 0 Å². The van der Waals surface area contributed by atoms with Crippen LogP contribution in [-0.4, -0.2) is 28.2 Å². The van der Waals surface area contributed by atoms with E-state index in [1.807, 2.05) is 0 Å². The first-order valence-electron chi connectivity index (χ1n) is 3.42. The van der Waals surface area contributed by atoms with Crippen molar-refractivity contribution in [3.05, 3.63) is 0 Å². The van der Waals surface area contributed by atoms with Gasteiger partial charge in [0.25, 0.3) is 0 Å². The molecule has 1 heterocycles. The Kier molecular flexibility index (Phi) is 2.44. The molecule has 0 aromatic rings. The van der Waals surface area contributed by atoms with E-state index in [0.29, 0.717) is 0 Å². The van der Waals surface area contributed by atoms with E-state index in [-0.39, 0.29) is 0 Å². The van der Waals surface area contributed by atoms with Crippen molar-refractivity contribution in [1.82, 2.24) is 0 Å². The zero-order valence-electron chi connectivity index (χ0n) is 5.74. The van der Waals surface area contributed by atoms with Crippen LogP contribution in [0.2, 0.25) is 0 Å². The summed E-state index contributed by atoms with van der Waals surface area (Å²) in [6.45, 7) is 0. The summed E-state index contributed by atoms with van der Waals surface area (Å²) in [7, 11) is 0. The fraction of sp³-hybridized carbons (Fsp3) is 1.00. The molecule has 0 spiro atoms. The van der Waals surface area contributed by atoms with Gasteiger partial charge >= 0.3 is 73.9 Å². The van der Waals surface area contributed by atoms with Crippen molar-refractivity contribution in [3.8, 4) is 0 Å². The Labute approximate surface area is 73.8 Å². The van der Waals surface area contributed by atoms with Crippen molar-refractivity contribution in [2.45, 2.75) is 19.3 Å². The van der Waals surface area contributed by atoms with Gasteiger partial charge in [0.05, 0.1) is 0 Å². The summed E-state index contributed by atoms with van der Waals surface area (Å²) in [5.74, 6) is 0. The maximum absolute atomic E-state index is 6.29. The van der Waals surface area contributed by atoms with Crippen LogP contribution in [0.5, 0.6) is 0 Å². The number of hydrogen-bond acceptors (Lipinski definition) is 0. The van der Waals surface area contributed by atoms with E-state index in [4.69, 9.17) is 22.5 Å². The first kappa shape index (κ1) is 8.64. The third kappa shape index (κ3) is 2.96. The van der Waals surface area contributed by atoms with Crippen molar-refractivity contribution < 1.29 is 0 Å². The molecule has 0 nitrogen and oxygen atoms in total. The monoisotopic (exact) mass is 200 g/mol. The van der Waals surface area contributed by atoms with Crippen molar-refractivity contribution in [2.24, 2.45) is 0 Å². The van der Waals surface area contributed by atoms with Crippen LogP contribution < -0.4 is 0 Å². The summed E-state index contributed by atoms with van der Waals surface area (Å²) in [6.07, 6.45) is 6.17. The Morgan fingerprint density at radius 1 is 1.00 bits per heavy atom. The average Bonchev–Trinajstić information content (AvgIpc) is 1.62.